The molecule has 0 spiro atoms. The van der Waals surface area contributed by atoms with Crippen molar-refractivity contribution in [3.8, 4) is 11.5 Å². The van der Waals surface area contributed by atoms with E-state index in [2.05, 4.69) is 12.1 Å². The number of rotatable bonds is 11. The third-order valence-corrected chi connectivity index (χ3v) is 3.45. The average Bonchev–Trinajstić information content (AvgIpc) is 2.54. The first-order chi connectivity index (χ1) is 11.6. The fraction of sp³-hybridized carbons (Fsp3) is 0.471. The molecule has 0 aromatic heterocycles. The molecule has 0 saturated heterocycles. The summed E-state index contributed by atoms with van der Waals surface area (Å²) in [5.41, 5.74) is 2.07. The Kier molecular flexibility index (Phi) is 10.3. The zero-order valence-corrected chi connectivity index (χ0v) is 15.4. The Bertz CT molecular complexity index is 558. The SMILES string of the molecule is CCc1cc(OCC=C(Cl)Cl)cc(C)c1OCCOCC/C=N/O. The number of hydrogen-bond donors (Lipinski definition) is 1. The summed E-state index contributed by atoms with van der Waals surface area (Å²) in [6, 6.07) is 3.87. The van der Waals surface area contributed by atoms with E-state index in [0.717, 1.165) is 29.0 Å². The van der Waals surface area contributed by atoms with E-state index in [4.69, 9.17) is 42.6 Å². The van der Waals surface area contributed by atoms with Crippen LogP contribution in [0.15, 0.2) is 27.9 Å². The maximum absolute atomic E-state index is 8.27. The second-order valence-electron chi connectivity index (χ2n) is 4.93. The summed E-state index contributed by atoms with van der Waals surface area (Å²) < 4.78 is 17.0. The summed E-state index contributed by atoms with van der Waals surface area (Å²) in [6.45, 7) is 5.77. The van der Waals surface area contributed by atoms with Crippen LogP contribution in [0.2, 0.25) is 0 Å². The summed E-state index contributed by atoms with van der Waals surface area (Å²) in [4.78, 5) is 0. The van der Waals surface area contributed by atoms with Crippen molar-refractivity contribution < 1.29 is 19.4 Å². The van der Waals surface area contributed by atoms with E-state index >= 15 is 0 Å². The monoisotopic (exact) mass is 375 g/mol. The molecule has 1 aromatic carbocycles. The molecule has 0 amide bonds. The molecule has 0 fully saturated rings. The molecule has 24 heavy (non-hydrogen) atoms. The smallest absolute Gasteiger partial charge is 0.125 e. The molecule has 0 aliphatic heterocycles. The minimum atomic E-state index is 0.188. The van der Waals surface area contributed by atoms with E-state index in [0.29, 0.717) is 32.8 Å². The third-order valence-electron chi connectivity index (χ3n) is 3.14. The van der Waals surface area contributed by atoms with Gasteiger partial charge < -0.3 is 19.4 Å². The van der Waals surface area contributed by atoms with Gasteiger partial charge in [-0.1, -0.05) is 30.1 Å². The summed E-state index contributed by atoms with van der Waals surface area (Å²) >= 11 is 11.1. The Morgan fingerprint density at radius 2 is 2.00 bits per heavy atom. The van der Waals surface area contributed by atoms with Crippen LogP contribution in [0.4, 0.5) is 0 Å². The predicted molar refractivity (Wildman–Crippen MR) is 97.1 cm³/mol. The highest BCUT2D eigenvalue weighted by molar-refractivity contribution is 6.55. The lowest BCUT2D eigenvalue weighted by atomic mass is 10.1. The van der Waals surface area contributed by atoms with Gasteiger partial charge in [0.15, 0.2) is 0 Å². The zero-order valence-electron chi connectivity index (χ0n) is 13.9. The van der Waals surface area contributed by atoms with Crippen LogP contribution in [0.3, 0.4) is 0 Å². The van der Waals surface area contributed by atoms with Gasteiger partial charge in [-0.05, 0) is 42.7 Å². The molecular weight excluding hydrogens is 353 g/mol. The molecule has 0 atom stereocenters. The Morgan fingerprint density at radius 1 is 1.21 bits per heavy atom. The molecule has 0 saturated carbocycles. The molecule has 0 heterocycles. The minimum Gasteiger partial charge on any atom is -0.491 e. The van der Waals surface area contributed by atoms with Crippen LogP contribution in [0.5, 0.6) is 11.5 Å². The van der Waals surface area contributed by atoms with E-state index in [1.165, 1.54) is 6.21 Å². The topological polar surface area (TPSA) is 60.3 Å². The Labute approximate surface area is 152 Å². The number of hydrogen-bond acceptors (Lipinski definition) is 5. The maximum atomic E-state index is 8.27. The lowest BCUT2D eigenvalue weighted by molar-refractivity contribution is 0.105. The van der Waals surface area contributed by atoms with E-state index in [-0.39, 0.29) is 4.49 Å². The van der Waals surface area contributed by atoms with Crippen LogP contribution in [-0.2, 0) is 11.2 Å². The van der Waals surface area contributed by atoms with Crippen molar-refractivity contribution >= 4 is 29.4 Å². The van der Waals surface area contributed by atoms with Gasteiger partial charge in [0.1, 0.15) is 29.2 Å². The largest absolute Gasteiger partial charge is 0.491 e. The van der Waals surface area contributed by atoms with Crippen molar-refractivity contribution in [2.45, 2.75) is 26.7 Å². The second-order valence-corrected chi connectivity index (χ2v) is 5.94. The first-order valence-corrected chi connectivity index (χ1v) is 8.48. The van der Waals surface area contributed by atoms with Crippen LogP contribution in [0.25, 0.3) is 0 Å². The fourth-order valence-electron chi connectivity index (χ4n) is 2.06. The van der Waals surface area contributed by atoms with Crippen molar-refractivity contribution in [3.63, 3.8) is 0 Å². The highest BCUT2D eigenvalue weighted by atomic mass is 35.5. The Balaban J connectivity index is 2.56. The fourth-order valence-corrected chi connectivity index (χ4v) is 2.19. The number of oxime groups is 1. The van der Waals surface area contributed by atoms with E-state index in [9.17, 15) is 0 Å². The first kappa shape index (κ1) is 20.6. The lowest BCUT2D eigenvalue weighted by Gasteiger charge is -2.15. The van der Waals surface area contributed by atoms with Gasteiger partial charge in [-0.2, -0.15) is 0 Å². The molecule has 0 bridgehead atoms. The molecular formula is C17H23Cl2NO4. The van der Waals surface area contributed by atoms with Gasteiger partial charge in [0.2, 0.25) is 0 Å². The lowest BCUT2D eigenvalue weighted by Crippen LogP contribution is -2.10. The molecule has 0 aliphatic rings. The number of nitrogens with zero attached hydrogens (tertiary/aromatic N) is 1. The van der Waals surface area contributed by atoms with Crippen molar-refractivity contribution in [2.24, 2.45) is 5.16 Å². The van der Waals surface area contributed by atoms with Gasteiger partial charge in [-0.15, -0.1) is 5.16 Å². The summed E-state index contributed by atoms with van der Waals surface area (Å²) in [5.74, 6) is 1.61. The van der Waals surface area contributed by atoms with Crippen LogP contribution >= 0.6 is 23.2 Å². The molecule has 0 radical (unpaired) electrons. The number of aryl methyl sites for hydroxylation is 2. The van der Waals surface area contributed by atoms with Crippen molar-refractivity contribution in [2.75, 3.05) is 26.4 Å². The number of halogens is 2. The van der Waals surface area contributed by atoms with E-state index in [1.807, 2.05) is 19.1 Å². The molecule has 0 aliphatic carbocycles. The molecule has 0 unspecified atom stereocenters. The first-order valence-electron chi connectivity index (χ1n) is 7.72. The highest BCUT2D eigenvalue weighted by Crippen LogP contribution is 2.29. The van der Waals surface area contributed by atoms with Crippen LogP contribution in [0.1, 0.15) is 24.5 Å². The summed E-state index contributed by atoms with van der Waals surface area (Å²) in [5, 5.41) is 11.2. The zero-order chi connectivity index (χ0) is 17.8. The quantitative estimate of drug-likeness (QED) is 0.267. The van der Waals surface area contributed by atoms with Gasteiger partial charge in [0.05, 0.1) is 13.2 Å². The van der Waals surface area contributed by atoms with Gasteiger partial charge in [-0.25, -0.2) is 0 Å². The van der Waals surface area contributed by atoms with Crippen molar-refractivity contribution in [3.05, 3.63) is 33.8 Å². The normalized spacial score (nSPS) is 10.8. The number of ether oxygens (including phenoxy) is 3. The van der Waals surface area contributed by atoms with E-state index in [1.54, 1.807) is 6.08 Å². The standard InChI is InChI=1S/C17H23Cl2NO4/c1-3-14-12-15(23-8-5-16(18)19)11-13(2)17(14)24-10-9-22-7-4-6-20-21/h5-6,11-12,21H,3-4,7-10H2,1-2H3/b20-6+. The molecule has 134 valence electrons. The highest BCUT2D eigenvalue weighted by Gasteiger charge is 2.09. The molecule has 5 nitrogen and oxygen atoms in total. The molecule has 7 heteroatoms. The average molecular weight is 376 g/mol. The van der Waals surface area contributed by atoms with Gasteiger partial charge >= 0.3 is 0 Å². The van der Waals surface area contributed by atoms with Crippen LogP contribution < -0.4 is 9.47 Å². The minimum absolute atomic E-state index is 0.188. The molecule has 1 rings (SSSR count). The predicted octanol–water partition coefficient (Wildman–Crippen LogP) is 4.50. The van der Waals surface area contributed by atoms with Gasteiger partial charge in [0.25, 0.3) is 0 Å². The van der Waals surface area contributed by atoms with Crippen molar-refractivity contribution in [1.29, 1.82) is 0 Å². The summed E-state index contributed by atoms with van der Waals surface area (Å²) in [7, 11) is 0. The molecule has 1 N–H and O–H groups in total. The van der Waals surface area contributed by atoms with Gasteiger partial charge in [-0.3, -0.25) is 0 Å². The maximum Gasteiger partial charge on any atom is 0.125 e. The Hall–Kier alpha value is -1.43. The Morgan fingerprint density at radius 3 is 2.67 bits per heavy atom. The second kappa shape index (κ2) is 12.0. The number of benzene rings is 1. The third kappa shape index (κ3) is 7.90. The van der Waals surface area contributed by atoms with Crippen molar-refractivity contribution in [1.82, 2.24) is 0 Å². The van der Waals surface area contributed by atoms with Crippen LogP contribution in [-0.4, -0.2) is 37.8 Å². The van der Waals surface area contributed by atoms with Gasteiger partial charge in [0, 0.05) is 12.6 Å². The van der Waals surface area contributed by atoms with E-state index < -0.39 is 0 Å². The summed E-state index contributed by atoms with van der Waals surface area (Å²) in [6.07, 6.45) is 4.38. The van der Waals surface area contributed by atoms with Crippen LogP contribution in [0, 0.1) is 6.92 Å². The molecule has 1 aromatic rings.